The molecule has 0 aliphatic rings. The summed E-state index contributed by atoms with van der Waals surface area (Å²) in [5.74, 6) is 1.65. The van der Waals surface area contributed by atoms with E-state index in [0.717, 1.165) is 26.5 Å². The van der Waals surface area contributed by atoms with Crippen molar-refractivity contribution in [2.45, 2.75) is 17.3 Å². The van der Waals surface area contributed by atoms with E-state index in [-0.39, 0.29) is 6.04 Å². The lowest BCUT2D eigenvalue weighted by Gasteiger charge is -2.11. The van der Waals surface area contributed by atoms with Gasteiger partial charge in [-0.2, -0.15) is 0 Å². The zero-order valence-corrected chi connectivity index (χ0v) is 14.1. The minimum atomic E-state index is -0.0302. The molecule has 0 bridgehead atoms. The standard InChI is InChI=1S/C14H20N4OS2/c1-4-19-11-7-5-10(6-8-11)12(15)9-20-14-17-16-13(21-14)18(2)3/h5-8,12H,4,9,15H2,1-3H3. The number of hydrogen-bond donors (Lipinski definition) is 1. The molecule has 0 aliphatic carbocycles. The number of thioether (sulfide) groups is 1. The van der Waals surface area contributed by atoms with Crippen molar-refractivity contribution >= 4 is 28.2 Å². The van der Waals surface area contributed by atoms with Crippen molar-refractivity contribution in [3.05, 3.63) is 29.8 Å². The maximum Gasteiger partial charge on any atom is 0.208 e. The van der Waals surface area contributed by atoms with Crippen molar-refractivity contribution in [2.24, 2.45) is 5.73 Å². The van der Waals surface area contributed by atoms with Gasteiger partial charge in [0.15, 0.2) is 4.34 Å². The van der Waals surface area contributed by atoms with Crippen LogP contribution in [0.2, 0.25) is 0 Å². The van der Waals surface area contributed by atoms with Crippen LogP contribution in [0.15, 0.2) is 28.6 Å². The maximum absolute atomic E-state index is 6.22. The van der Waals surface area contributed by atoms with Gasteiger partial charge in [-0.1, -0.05) is 35.2 Å². The van der Waals surface area contributed by atoms with Gasteiger partial charge in [0.25, 0.3) is 0 Å². The lowest BCUT2D eigenvalue weighted by molar-refractivity contribution is 0.340. The number of hydrogen-bond acceptors (Lipinski definition) is 7. The SMILES string of the molecule is CCOc1ccc(C(N)CSc2nnc(N(C)C)s2)cc1. The first-order chi connectivity index (χ1) is 10.1. The number of ether oxygens (including phenoxy) is 1. The number of rotatable bonds is 7. The van der Waals surface area contributed by atoms with E-state index in [4.69, 9.17) is 10.5 Å². The highest BCUT2D eigenvalue weighted by Crippen LogP contribution is 2.29. The first kappa shape index (κ1) is 16.1. The number of aromatic nitrogens is 2. The molecule has 1 aromatic heterocycles. The van der Waals surface area contributed by atoms with E-state index in [1.165, 1.54) is 0 Å². The fraction of sp³-hybridized carbons (Fsp3) is 0.429. The molecule has 1 unspecified atom stereocenters. The first-order valence-corrected chi connectivity index (χ1v) is 8.52. The Morgan fingerprint density at radius 3 is 2.57 bits per heavy atom. The van der Waals surface area contributed by atoms with Gasteiger partial charge in [0, 0.05) is 25.9 Å². The van der Waals surface area contributed by atoms with Crippen LogP contribution in [-0.2, 0) is 0 Å². The predicted molar refractivity (Wildman–Crippen MR) is 89.5 cm³/mol. The topological polar surface area (TPSA) is 64.3 Å². The van der Waals surface area contributed by atoms with Gasteiger partial charge in [-0.15, -0.1) is 10.2 Å². The Bertz CT molecular complexity index is 556. The van der Waals surface area contributed by atoms with Gasteiger partial charge < -0.3 is 15.4 Å². The summed E-state index contributed by atoms with van der Waals surface area (Å²) in [5.41, 5.74) is 7.32. The van der Waals surface area contributed by atoms with E-state index in [1.54, 1.807) is 23.1 Å². The minimum absolute atomic E-state index is 0.0302. The van der Waals surface area contributed by atoms with Gasteiger partial charge >= 0.3 is 0 Å². The van der Waals surface area contributed by atoms with Crippen LogP contribution in [0, 0.1) is 0 Å². The fourth-order valence-corrected chi connectivity index (χ4v) is 3.46. The third-order valence-electron chi connectivity index (χ3n) is 2.78. The van der Waals surface area contributed by atoms with E-state index in [0.29, 0.717) is 6.61 Å². The molecule has 114 valence electrons. The van der Waals surface area contributed by atoms with Crippen LogP contribution in [0.3, 0.4) is 0 Å². The van der Waals surface area contributed by atoms with Crippen molar-refractivity contribution in [3.8, 4) is 5.75 Å². The van der Waals surface area contributed by atoms with E-state index in [9.17, 15) is 0 Å². The third kappa shape index (κ3) is 4.59. The summed E-state index contributed by atoms with van der Waals surface area (Å²) in [6.45, 7) is 2.65. The number of nitrogens with two attached hydrogens (primary N) is 1. The molecule has 0 saturated heterocycles. The number of anilines is 1. The Kier molecular flexibility index (Phi) is 5.84. The average Bonchev–Trinajstić information content (AvgIpc) is 2.95. The molecule has 2 N–H and O–H groups in total. The Balaban J connectivity index is 1.89. The van der Waals surface area contributed by atoms with Crippen molar-refractivity contribution in [1.82, 2.24) is 10.2 Å². The van der Waals surface area contributed by atoms with Crippen molar-refractivity contribution in [1.29, 1.82) is 0 Å². The molecule has 0 saturated carbocycles. The predicted octanol–water partition coefficient (Wildman–Crippen LogP) is 2.79. The average molecular weight is 324 g/mol. The van der Waals surface area contributed by atoms with Gasteiger partial charge in [-0.25, -0.2) is 0 Å². The highest BCUT2D eigenvalue weighted by atomic mass is 32.2. The molecule has 0 spiro atoms. The number of nitrogens with zero attached hydrogens (tertiary/aromatic N) is 3. The summed E-state index contributed by atoms with van der Waals surface area (Å²) < 4.78 is 6.37. The zero-order chi connectivity index (χ0) is 15.2. The van der Waals surface area contributed by atoms with Crippen LogP contribution in [0.4, 0.5) is 5.13 Å². The number of benzene rings is 1. The first-order valence-electron chi connectivity index (χ1n) is 6.72. The van der Waals surface area contributed by atoms with E-state index in [2.05, 4.69) is 10.2 Å². The summed E-state index contributed by atoms with van der Waals surface area (Å²) in [7, 11) is 3.92. The lowest BCUT2D eigenvalue weighted by atomic mass is 10.1. The molecule has 0 radical (unpaired) electrons. The highest BCUT2D eigenvalue weighted by Gasteiger charge is 2.11. The molecule has 2 rings (SSSR count). The van der Waals surface area contributed by atoms with Crippen molar-refractivity contribution < 1.29 is 4.74 Å². The molecular weight excluding hydrogens is 304 g/mol. The van der Waals surface area contributed by atoms with Gasteiger partial charge in [0.2, 0.25) is 5.13 Å². The van der Waals surface area contributed by atoms with Gasteiger partial charge in [0.05, 0.1) is 6.61 Å². The second-order valence-electron chi connectivity index (χ2n) is 4.66. The normalized spacial score (nSPS) is 12.2. The summed E-state index contributed by atoms with van der Waals surface area (Å²) in [6, 6.07) is 7.91. The van der Waals surface area contributed by atoms with Crippen molar-refractivity contribution in [2.75, 3.05) is 31.4 Å². The van der Waals surface area contributed by atoms with Crippen LogP contribution < -0.4 is 15.4 Å². The Morgan fingerprint density at radius 1 is 1.29 bits per heavy atom. The Labute approximate surface area is 133 Å². The zero-order valence-electron chi connectivity index (χ0n) is 12.4. The van der Waals surface area contributed by atoms with Crippen LogP contribution >= 0.6 is 23.1 Å². The molecule has 0 aliphatic heterocycles. The quantitative estimate of drug-likeness (QED) is 0.790. The van der Waals surface area contributed by atoms with Crippen LogP contribution in [0.5, 0.6) is 5.75 Å². The largest absolute Gasteiger partial charge is 0.494 e. The Hall–Kier alpha value is -1.31. The molecule has 2 aromatic rings. The second kappa shape index (κ2) is 7.63. The van der Waals surface area contributed by atoms with E-state index >= 15 is 0 Å². The van der Waals surface area contributed by atoms with Crippen LogP contribution in [0.25, 0.3) is 0 Å². The monoisotopic (exact) mass is 324 g/mol. The molecule has 7 heteroatoms. The third-order valence-corrected chi connectivity index (χ3v) is 5.13. The summed E-state index contributed by atoms with van der Waals surface area (Å²) in [5, 5.41) is 9.18. The summed E-state index contributed by atoms with van der Waals surface area (Å²) in [6.07, 6.45) is 0. The van der Waals surface area contributed by atoms with Crippen LogP contribution in [-0.4, -0.2) is 36.7 Å². The molecule has 0 amide bonds. The molecule has 1 aromatic carbocycles. The van der Waals surface area contributed by atoms with Crippen LogP contribution in [0.1, 0.15) is 18.5 Å². The van der Waals surface area contributed by atoms with Gasteiger partial charge in [0.1, 0.15) is 5.75 Å². The van der Waals surface area contributed by atoms with Gasteiger partial charge in [-0.05, 0) is 24.6 Å². The minimum Gasteiger partial charge on any atom is -0.494 e. The highest BCUT2D eigenvalue weighted by molar-refractivity contribution is 8.01. The molecule has 0 fully saturated rings. The van der Waals surface area contributed by atoms with Gasteiger partial charge in [-0.3, -0.25) is 0 Å². The smallest absolute Gasteiger partial charge is 0.208 e. The lowest BCUT2D eigenvalue weighted by Crippen LogP contribution is -2.12. The summed E-state index contributed by atoms with van der Waals surface area (Å²) >= 11 is 3.22. The van der Waals surface area contributed by atoms with Crippen molar-refractivity contribution in [3.63, 3.8) is 0 Å². The molecule has 5 nitrogen and oxygen atoms in total. The fourth-order valence-electron chi connectivity index (χ4n) is 1.68. The second-order valence-corrected chi connectivity index (χ2v) is 6.89. The molecule has 21 heavy (non-hydrogen) atoms. The van der Waals surface area contributed by atoms with E-state index in [1.807, 2.05) is 50.2 Å². The maximum atomic E-state index is 6.22. The summed E-state index contributed by atoms with van der Waals surface area (Å²) in [4.78, 5) is 1.95. The molecule has 1 atom stereocenters. The molecular formula is C14H20N4OS2. The Morgan fingerprint density at radius 2 is 2.00 bits per heavy atom. The van der Waals surface area contributed by atoms with E-state index < -0.39 is 0 Å². The molecule has 1 heterocycles.